The zero-order valence-electron chi connectivity index (χ0n) is 8.08. The molecule has 0 spiro atoms. The summed E-state index contributed by atoms with van der Waals surface area (Å²) >= 11 is 3.19. The van der Waals surface area contributed by atoms with Crippen LogP contribution in [-0.4, -0.2) is 29.2 Å². The third-order valence-corrected chi connectivity index (χ3v) is 2.36. The van der Waals surface area contributed by atoms with E-state index in [4.69, 9.17) is 14.6 Å². The summed E-state index contributed by atoms with van der Waals surface area (Å²) < 4.78 is 11.2. The van der Waals surface area contributed by atoms with Gasteiger partial charge < -0.3 is 14.6 Å². The monoisotopic (exact) mass is 250 g/mol. The number of halogens is 1. The Labute approximate surface area is 86.9 Å². The molecule has 3 nitrogen and oxygen atoms in total. The second-order valence-corrected chi connectivity index (χ2v) is 4.30. The molecule has 1 aliphatic rings. The molecule has 0 aromatic rings. The zero-order chi connectivity index (χ0) is 10.1. The van der Waals surface area contributed by atoms with Crippen molar-refractivity contribution in [3.8, 4) is 0 Å². The standard InChI is InChI=1S/C9H15BrO3/c1-8(2)12-7(6-11)9(3,13-8)4-5-10/h4-5,7,11H,6H2,1-3H3. The van der Waals surface area contributed by atoms with Gasteiger partial charge in [-0.15, -0.1) is 0 Å². The Bertz CT molecular complexity index is 215. The molecule has 4 heteroatoms. The number of aliphatic hydroxyl groups is 1. The van der Waals surface area contributed by atoms with Crippen molar-refractivity contribution in [2.24, 2.45) is 0 Å². The van der Waals surface area contributed by atoms with Crippen LogP contribution in [0.2, 0.25) is 0 Å². The normalized spacial score (nSPS) is 38.7. The topological polar surface area (TPSA) is 38.7 Å². The molecule has 76 valence electrons. The molecule has 0 amide bonds. The molecule has 0 aromatic heterocycles. The van der Waals surface area contributed by atoms with Crippen molar-refractivity contribution < 1.29 is 14.6 Å². The van der Waals surface area contributed by atoms with Crippen LogP contribution >= 0.6 is 15.9 Å². The van der Waals surface area contributed by atoms with Gasteiger partial charge in [0.2, 0.25) is 0 Å². The first-order valence-electron chi connectivity index (χ1n) is 4.20. The average Bonchev–Trinajstić information content (AvgIpc) is 2.21. The highest BCUT2D eigenvalue weighted by molar-refractivity contribution is 9.11. The van der Waals surface area contributed by atoms with Crippen molar-refractivity contribution in [3.05, 3.63) is 11.1 Å². The lowest BCUT2D eigenvalue weighted by atomic mass is 10.0. The lowest BCUT2D eigenvalue weighted by molar-refractivity contribution is -0.155. The third kappa shape index (κ3) is 2.31. The second kappa shape index (κ2) is 3.69. The number of ether oxygens (including phenoxy) is 2. The number of hydrogen-bond acceptors (Lipinski definition) is 3. The van der Waals surface area contributed by atoms with Gasteiger partial charge in [-0.25, -0.2) is 0 Å². The third-order valence-electron chi connectivity index (χ3n) is 2.09. The first-order valence-corrected chi connectivity index (χ1v) is 5.12. The van der Waals surface area contributed by atoms with E-state index in [1.807, 2.05) is 26.8 Å². The Morgan fingerprint density at radius 2 is 2.08 bits per heavy atom. The van der Waals surface area contributed by atoms with Gasteiger partial charge in [0.15, 0.2) is 5.79 Å². The Balaban J connectivity index is 2.85. The first kappa shape index (κ1) is 11.2. The molecule has 1 heterocycles. The zero-order valence-corrected chi connectivity index (χ0v) is 9.67. The molecule has 2 unspecified atom stereocenters. The van der Waals surface area contributed by atoms with Gasteiger partial charge in [-0.05, 0) is 31.8 Å². The summed E-state index contributed by atoms with van der Waals surface area (Å²) in [5.74, 6) is -0.630. The van der Waals surface area contributed by atoms with Crippen molar-refractivity contribution in [2.45, 2.75) is 38.3 Å². The Morgan fingerprint density at radius 3 is 2.54 bits per heavy atom. The van der Waals surface area contributed by atoms with E-state index in [9.17, 15) is 0 Å². The summed E-state index contributed by atoms with van der Waals surface area (Å²) in [6.07, 6.45) is 1.53. The highest BCUT2D eigenvalue weighted by Crippen LogP contribution is 2.37. The van der Waals surface area contributed by atoms with Gasteiger partial charge in [-0.3, -0.25) is 0 Å². The lowest BCUT2D eigenvalue weighted by Crippen LogP contribution is -2.36. The largest absolute Gasteiger partial charge is 0.394 e. The minimum atomic E-state index is -0.630. The van der Waals surface area contributed by atoms with E-state index in [0.717, 1.165) is 0 Å². The number of hydrogen-bond donors (Lipinski definition) is 1. The van der Waals surface area contributed by atoms with Crippen LogP contribution in [0, 0.1) is 0 Å². The molecular weight excluding hydrogens is 236 g/mol. The van der Waals surface area contributed by atoms with Gasteiger partial charge in [-0.1, -0.05) is 15.9 Å². The van der Waals surface area contributed by atoms with Crippen molar-refractivity contribution in [2.75, 3.05) is 6.61 Å². The summed E-state index contributed by atoms with van der Waals surface area (Å²) in [4.78, 5) is 1.72. The molecule has 1 fully saturated rings. The van der Waals surface area contributed by atoms with Gasteiger partial charge in [0.1, 0.15) is 11.7 Å². The lowest BCUT2D eigenvalue weighted by Gasteiger charge is -2.23. The van der Waals surface area contributed by atoms with Crippen molar-refractivity contribution >= 4 is 15.9 Å². The fourth-order valence-corrected chi connectivity index (χ4v) is 2.09. The molecule has 0 radical (unpaired) electrons. The predicted molar refractivity (Wildman–Crippen MR) is 53.6 cm³/mol. The fraction of sp³-hybridized carbons (Fsp3) is 0.778. The van der Waals surface area contributed by atoms with Crippen LogP contribution in [0.1, 0.15) is 20.8 Å². The Morgan fingerprint density at radius 1 is 1.46 bits per heavy atom. The van der Waals surface area contributed by atoms with E-state index in [0.29, 0.717) is 0 Å². The maximum atomic E-state index is 9.11. The van der Waals surface area contributed by atoms with E-state index >= 15 is 0 Å². The molecule has 1 saturated heterocycles. The average molecular weight is 251 g/mol. The quantitative estimate of drug-likeness (QED) is 0.813. The Kier molecular flexibility index (Phi) is 3.17. The van der Waals surface area contributed by atoms with E-state index in [1.54, 1.807) is 4.99 Å². The minimum absolute atomic E-state index is 0.0444. The SMILES string of the molecule is CC1(C)OC(CO)C(C)(C=CBr)O1. The predicted octanol–water partition coefficient (Wildman–Crippen LogP) is 1.80. The van der Waals surface area contributed by atoms with Gasteiger partial charge in [0.05, 0.1) is 6.61 Å². The molecular formula is C9H15BrO3. The van der Waals surface area contributed by atoms with Crippen LogP contribution < -0.4 is 0 Å². The first-order chi connectivity index (χ1) is 5.93. The maximum Gasteiger partial charge on any atom is 0.164 e. The summed E-state index contributed by atoms with van der Waals surface area (Å²) in [6, 6.07) is 0. The van der Waals surface area contributed by atoms with Crippen LogP contribution in [0.15, 0.2) is 11.1 Å². The van der Waals surface area contributed by atoms with E-state index < -0.39 is 11.4 Å². The number of rotatable bonds is 2. The maximum absolute atomic E-state index is 9.11. The number of aliphatic hydroxyl groups excluding tert-OH is 1. The van der Waals surface area contributed by atoms with Gasteiger partial charge in [0.25, 0.3) is 0 Å². The minimum Gasteiger partial charge on any atom is -0.394 e. The van der Waals surface area contributed by atoms with Crippen molar-refractivity contribution in [1.82, 2.24) is 0 Å². The van der Waals surface area contributed by atoms with Crippen molar-refractivity contribution in [1.29, 1.82) is 0 Å². The second-order valence-electron chi connectivity index (χ2n) is 3.77. The highest BCUT2D eigenvalue weighted by atomic mass is 79.9. The molecule has 0 aliphatic carbocycles. The van der Waals surface area contributed by atoms with Crippen LogP contribution in [0.3, 0.4) is 0 Å². The Hall–Kier alpha value is 0.1000. The molecule has 2 atom stereocenters. The molecule has 1 aliphatic heterocycles. The molecule has 1 rings (SSSR count). The fourth-order valence-electron chi connectivity index (χ4n) is 1.56. The summed E-state index contributed by atoms with van der Waals surface area (Å²) in [7, 11) is 0. The summed E-state index contributed by atoms with van der Waals surface area (Å²) in [5, 5.41) is 9.11. The molecule has 1 N–H and O–H groups in total. The molecule has 0 saturated carbocycles. The van der Waals surface area contributed by atoms with Gasteiger partial charge >= 0.3 is 0 Å². The smallest absolute Gasteiger partial charge is 0.164 e. The van der Waals surface area contributed by atoms with E-state index in [-0.39, 0.29) is 12.7 Å². The summed E-state index contributed by atoms with van der Waals surface area (Å²) in [6.45, 7) is 5.52. The van der Waals surface area contributed by atoms with Crippen LogP contribution in [0.5, 0.6) is 0 Å². The molecule has 0 aromatic carbocycles. The van der Waals surface area contributed by atoms with Crippen LogP contribution in [-0.2, 0) is 9.47 Å². The summed E-state index contributed by atoms with van der Waals surface area (Å²) in [5.41, 5.74) is -0.554. The van der Waals surface area contributed by atoms with Crippen molar-refractivity contribution in [3.63, 3.8) is 0 Å². The van der Waals surface area contributed by atoms with Crippen LogP contribution in [0.4, 0.5) is 0 Å². The highest BCUT2D eigenvalue weighted by Gasteiger charge is 2.48. The van der Waals surface area contributed by atoms with Gasteiger partial charge in [-0.2, -0.15) is 0 Å². The molecule has 13 heavy (non-hydrogen) atoms. The molecule has 0 bridgehead atoms. The van der Waals surface area contributed by atoms with Gasteiger partial charge in [0, 0.05) is 0 Å². The van der Waals surface area contributed by atoms with E-state index in [2.05, 4.69) is 15.9 Å². The van der Waals surface area contributed by atoms with Crippen LogP contribution in [0.25, 0.3) is 0 Å². The van der Waals surface area contributed by atoms with E-state index in [1.165, 1.54) is 0 Å².